The minimum Gasteiger partial charge on any atom is -0.377 e. The van der Waals surface area contributed by atoms with E-state index in [1.165, 1.54) is 50.3 Å². The zero-order chi connectivity index (χ0) is 15.8. The SMILES string of the molecule is CCOCc1ccc(CN2CCN(CCC(C)C)CC2)cc1. The molecule has 3 heteroatoms. The van der Waals surface area contributed by atoms with Crippen LogP contribution in [-0.2, 0) is 17.9 Å². The highest BCUT2D eigenvalue weighted by Gasteiger charge is 2.16. The summed E-state index contributed by atoms with van der Waals surface area (Å²) < 4.78 is 5.44. The summed E-state index contributed by atoms with van der Waals surface area (Å²) in [6.45, 7) is 15.3. The van der Waals surface area contributed by atoms with Gasteiger partial charge in [-0.2, -0.15) is 0 Å². The van der Waals surface area contributed by atoms with Crippen LogP contribution in [0.2, 0.25) is 0 Å². The predicted octanol–water partition coefficient (Wildman–Crippen LogP) is 3.39. The molecule has 1 fully saturated rings. The Kier molecular flexibility index (Phi) is 7.37. The van der Waals surface area contributed by atoms with Crippen molar-refractivity contribution in [3.8, 4) is 0 Å². The molecule has 3 nitrogen and oxygen atoms in total. The van der Waals surface area contributed by atoms with Crippen molar-refractivity contribution in [3.05, 3.63) is 35.4 Å². The molecule has 1 aliphatic rings. The van der Waals surface area contributed by atoms with Gasteiger partial charge in [0.05, 0.1) is 6.61 Å². The van der Waals surface area contributed by atoms with Crippen LogP contribution in [0, 0.1) is 5.92 Å². The minimum absolute atomic E-state index is 0.727. The van der Waals surface area contributed by atoms with E-state index in [2.05, 4.69) is 47.9 Å². The summed E-state index contributed by atoms with van der Waals surface area (Å²) in [7, 11) is 0. The van der Waals surface area contributed by atoms with E-state index in [1.807, 2.05) is 6.92 Å². The molecule has 2 rings (SSSR count). The highest BCUT2D eigenvalue weighted by Crippen LogP contribution is 2.12. The van der Waals surface area contributed by atoms with Gasteiger partial charge >= 0.3 is 0 Å². The number of hydrogen-bond acceptors (Lipinski definition) is 3. The van der Waals surface area contributed by atoms with Crippen molar-refractivity contribution in [1.29, 1.82) is 0 Å². The lowest BCUT2D eigenvalue weighted by Crippen LogP contribution is -2.46. The molecular formula is C19H32N2O. The summed E-state index contributed by atoms with van der Waals surface area (Å²) in [6.07, 6.45) is 1.32. The fraction of sp³-hybridized carbons (Fsp3) is 0.684. The third kappa shape index (κ3) is 6.07. The Balaban J connectivity index is 1.71. The molecule has 124 valence electrons. The molecule has 1 aromatic rings. The Morgan fingerprint density at radius 3 is 2.14 bits per heavy atom. The van der Waals surface area contributed by atoms with Crippen molar-refractivity contribution in [2.45, 2.75) is 40.3 Å². The molecule has 22 heavy (non-hydrogen) atoms. The van der Waals surface area contributed by atoms with Crippen molar-refractivity contribution in [2.75, 3.05) is 39.3 Å². The molecule has 1 aromatic carbocycles. The number of nitrogens with zero attached hydrogens (tertiary/aromatic N) is 2. The standard InChI is InChI=1S/C19H32N2O/c1-4-22-16-19-7-5-18(6-8-19)15-21-13-11-20(12-14-21)10-9-17(2)3/h5-8,17H,4,9-16H2,1-3H3. The third-order valence-corrected chi connectivity index (χ3v) is 4.39. The molecular weight excluding hydrogens is 272 g/mol. The van der Waals surface area contributed by atoms with E-state index in [9.17, 15) is 0 Å². The van der Waals surface area contributed by atoms with E-state index in [-0.39, 0.29) is 0 Å². The first-order chi connectivity index (χ1) is 10.7. The maximum Gasteiger partial charge on any atom is 0.0716 e. The van der Waals surface area contributed by atoms with E-state index >= 15 is 0 Å². The predicted molar refractivity (Wildman–Crippen MR) is 92.9 cm³/mol. The van der Waals surface area contributed by atoms with Gasteiger partial charge < -0.3 is 9.64 Å². The van der Waals surface area contributed by atoms with Crippen LogP contribution in [0.1, 0.15) is 38.3 Å². The molecule has 0 radical (unpaired) electrons. The fourth-order valence-electron chi connectivity index (χ4n) is 2.83. The summed E-state index contributed by atoms with van der Waals surface area (Å²) in [4.78, 5) is 5.19. The minimum atomic E-state index is 0.727. The van der Waals surface area contributed by atoms with Gasteiger partial charge in [0.25, 0.3) is 0 Å². The zero-order valence-electron chi connectivity index (χ0n) is 14.6. The second kappa shape index (κ2) is 9.29. The Morgan fingerprint density at radius 2 is 1.55 bits per heavy atom. The second-order valence-corrected chi connectivity index (χ2v) is 6.75. The van der Waals surface area contributed by atoms with Crippen LogP contribution in [0.3, 0.4) is 0 Å². The average molecular weight is 304 g/mol. The van der Waals surface area contributed by atoms with Gasteiger partial charge in [0.15, 0.2) is 0 Å². The van der Waals surface area contributed by atoms with E-state index < -0.39 is 0 Å². The van der Waals surface area contributed by atoms with Gasteiger partial charge in [0.1, 0.15) is 0 Å². The molecule has 0 aromatic heterocycles. The van der Waals surface area contributed by atoms with Gasteiger partial charge in [-0.05, 0) is 36.9 Å². The van der Waals surface area contributed by atoms with Gasteiger partial charge in [-0.3, -0.25) is 4.90 Å². The summed E-state index contributed by atoms with van der Waals surface area (Å²) >= 11 is 0. The van der Waals surface area contributed by atoms with Crippen LogP contribution >= 0.6 is 0 Å². The van der Waals surface area contributed by atoms with E-state index in [0.29, 0.717) is 0 Å². The third-order valence-electron chi connectivity index (χ3n) is 4.39. The van der Waals surface area contributed by atoms with E-state index in [4.69, 9.17) is 4.74 Å². The normalized spacial score (nSPS) is 17.3. The molecule has 0 unspecified atom stereocenters. The summed E-state index contributed by atoms with van der Waals surface area (Å²) in [5.41, 5.74) is 2.68. The molecule has 0 atom stereocenters. The molecule has 0 amide bonds. The van der Waals surface area contributed by atoms with Crippen LogP contribution < -0.4 is 0 Å². The van der Waals surface area contributed by atoms with Gasteiger partial charge in [0.2, 0.25) is 0 Å². The van der Waals surface area contributed by atoms with Crippen LogP contribution in [0.15, 0.2) is 24.3 Å². The number of hydrogen-bond donors (Lipinski definition) is 0. The lowest BCUT2D eigenvalue weighted by atomic mass is 10.1. The first-order valence-corrected chi connectivity index (χ1v) is 8.77. The van der Waals surface area contributed by atoms with Crippen LogP contribution in [0.25, 0.3) is 0 Å². The quantitative estimate of drug-likeness (QED) is 0.732. The molecule has 1 heterocycles. The lowest BCUT2D eigenvalue weighted by Gasteiger charge is -2.35. The van der Waals surface area contributed by atoms with Crippen molar-refractivity contribution in [2.24, 2.45) is 5.92 Å². The second-order valence-electron chi connectivity index (χ2n) is 6.75. The number of ether oxygens (including phenoxy) is 1. The molecule has 1 saturated heterocycles. The Bertz CT molecular complexity index is 408. The highest BCUT2D eigenvalue weighted by molar-refractivity contribution is 5.22. The van der Waals surface area contributed by atoms with Crippen LogP contribution in [-0.4, -0.2) is 49.1 Å². The molecule has 1 aliphatic heterocycles. The smallest absolute Gasteiger partial charge is 0.0716 e. The van der Waals surface area contributed by atoms with Crippen LogP contribution in [0.5, 0.6) is 0 Å². The van der Waals surface area contributed by atoms with Gasteiger partial charge in [-0.15, -0.1) is 0 Å². The van der Waals surface area contributed by atoms with Crippen molar-refractivity contribution in [3.63, 3.8) is 0 Å². The van der Waals surface area contributed by atoms with Gasteiger partial charge in [0, 0.05) is 39.3 Å². The van der Waals surface area contributed by atoms with E-state index in [1.54, 1.807) is 0 Å². The van der Waals surface area contributed by atoms with E-state index in [0.717, 1.165) is 25.7 Å². The van der Waals surface area contributed by atoms with Crippen molar-refractivity contribution >= 4 is 0 Å². The number of piperazine rings is 1. The molecule has 0 saturated carbocycles. The Morgan fingerprint density at radius 1 is 0.955 bits per heavy atom. The van der Waals surface area contributed by atoms with Crippen LogP contribution in [0.4, 0.5) is 0 Å². The van der Waals surface area contributed by atoms with Crippen molar-refractivity contribution < 1.29 is 4.74 Å². The first kappa shape index (κ1) is 17.5. The Hall–Kier alpha value is -0.900. The first-order valence-electron chi connectivity index (χ1n) is 8.77. The topological polar surface area (TPSA) is 15.7 Å². The highest BCUT2D eigenvalue weighted by atomic mass is 16.5. The maximum atomic E-state index is 5.44. The molecule has 0 N–H and O–H groups in total. The van der Waals surface area contributed by atoms with Gasteiger partial charge in [-0.25, -0.2) is 0 Å². The number of rotatable bonds is 8. The lowest BCUT2D eigenvalue weighted by molar-refractivity contribution is 0.123. The summed E-state index contributed by atoms with van der Waals surface area (Å²) in [6, 6.07) is 8.90. The average Bonchev–Trinajstić information content (AvgIpc) is 2.53. The maximum absolute atomic E-state index is 5.44. The Labute approximate surface area is 136 Å². The summed E-state index contributed by atoms with van der Waals surface area (Å²) in [5.74, 6) is 0.813. The van der Waals surface area contributed by atoms with Crippen molar-refractivity contribution in [1.82, 2.24) is 9.80 Å². The van der Waals surface area contributed by atoms with Gasteiger partial charge in [-0.1, -0.05) is 38.1 Å². The molecule has 0 aliphatic carbocycles. The fourth-order valence-corrected chi connectivity index (χ4v) is 2.83. The molecule has 0 spiro atoms. The zero-order valence-corrected chi connectivity index (χ0v) is 14.6. The number of benzene rings is 1. The molecule has 0 bridgehead atoms. The monoisotopic (exact) mass is 304 g/mol. The largest absolute Gasteiger partial charge is 0.377 e. The summed E-state index contributed by atoms with van der Waals surface area (Å²) in [5, 5.41) is 0.